The van der Waals surface area contributed by atoms with Crippen molar-refractivity contribution in [1.29, 1.82) is 0 Å². The molecule has 0 aliphatic carbocycles. The van der Waals surface area contributed by atoms with Crippen molar-refractivity contribution in [2.24, 2.45) is 0 Å². The van der Waals surface area contributed by atoms with E-state index in [1.807, 2.05) is 31.2 Å². The molecule has 2 N–H and O–H groups in total. The summed E-state index contributed by atoms with van der Waals surface area (Å²) in [6.45, 7) is 2.24. The van der Waals surface area contributed by atoms with Crippen molar-refractivity contribution < 1.29 is 9.52 Å². The van der Waals surface area contributed by atoms with Gasteiger partial charge in [0.2, 0.25) is 11.6 Å². The van der Waals surface area contributed by atoms with Crippen LogP contribution >= 0.6 is 0 Å². The van der Waals surface area contributed by atoms with Gasteiger partial charge in [-0.05, 0) is 23.8 Å². The van der Waals surface area contributed by atoms with Crippen molar-refractivity contribution in [2.45, 2.75) is 26.0 Å². The van der Waals surface area contributed by atoms with E-state index in [-0.39, 0.29) is 0 Å². The van der Waals surface area contributed by atoms with Crippen LogP contribution in [0.5, 0.6) is 0 Å². The molecular weight excluding hydrogens is 334 g/mol. The summed E-state index contributed by atoms with van der Waals surface area (Å²) >= 11 is 0. The molecule has 9 nitrogen and oxygen atoms in total. The Bertz CT molecular complexity index is 977. The molecule has 4 aromatic rings. The molecule has 4 rings (SSSR count). The van der Waals surface area contributed by atoms with Gasteiger partial charge in [0.05, 0.1) is 18.9 Å². The lowest BCUT2D eigenvalue weighted by atomic mass is 10.1. The number of nitrogens with zero attached hydrogens (tertiary/aromatic N) is 6. The average Bonchev–Trinajstić information content (AvgIpc) is 3.42. The Kier molecular flexibility index (Phi) is 4.28. The highest BCUT2D eigenvalue weighted by Gasteiger charge is 2.20. The summed E-state index contributed by atoms with van der Waals surface area (Å²) in [5, 5.41) is 28.9. The Morgan fingerprint density at radius 3 is 2.69 bits per heavy atom. The number of hydrogen-bond acceptors (Lipinski definition) is 7. The summed E-state index contributed by atoms with van der Waals surface area (Å²) in [6, 6.07) is 11.2. The quantitative estimate of drug-likeness (QED) is 0.546. The second kappa shape index (κ2) is 6.89. The van der Waals surface area contributed by atoms with Gasteiger partial charge in [-0.1, -0.05) is 31.2 Å². The van der Waals surface area contributed by atoms with E-state index in [2.05, 4.69) is 30.7 Å². The summed E-state index contributed by atoms with van der Waals surface area (Å²) in [7, 11) is 0. The molecule has 0 fully saturated rings. The van der Waals surface area contributed by atoms with Crippen LogP contribution in [0, 0.1) is 0 Å². The third kappa shape index (κ3) is 3.00. The highest BCUT2D eigenvalue weighted by molar-refractivity contribution is 5.77. The van der Waals surface area contributed by atoms with E-state index in [0.717, 1.165) is 11.1 Å². The maximum absolute atomic E-state index is 10.1. The van der Waals surface area contributed by atoms with E-state index in [1.165, 1.54) is 0 Å². The third-order valence-electron chi connectivity index (χ3n) is 4.02. The number of hydrogen-bond donors (Lipinski definition) is 2. The molecule has 1 atom stereocenters. The van der Waals surface area contributed by atoms with Crippen molar-refractivity contribution >= 4 is 0 Å². The van der Waals surface area contributed by atoms with Crippen LogP contribution in [0.4, 0.5) is 0 Å². The van der Waals surface area contributed by atoms with Crippen LogP contribution in [0.15, 0.2) is 47.1 Å². The van der Waals surface area contributed by atoms with Crippen LogP contribution in [0.3, 0.4) is 0 Å². The first kappa shape index (κ1) is 16.2. The predicted molar refractivity (Wildman–Crippen MR) is 92.6 cm³/mol. The molecule has 0 unspecified atom stereocenters. The number of aliphatic hydroxyl groups excluding tert-OH is 1. The van der Waals surface area contributed by atoms with Crippen LogP contribution in [-0.4, -0.2) is 46.6 Å². The lowest BCUT2D eigenvalue weighted by Crippen LogP contribution is -2.17. The van der Waals surface area contributed by atoms with Gasteiger partial charge in [0.1, 0.15) is 0 Å². The highest BCUT2D eigenvalue weighted by atomic mass is 16.3. The molecular formula is C17H17N7O2. The highest BCUT2D eigenvalue weighted by Crippen LogP contribution is 2.30. The molecule has 9 heteroatoms. The molecule has 0 spiro atoms. The van der Waals surface area contributed by atoms with Crippen molar-refractivity contribution in [3.05, 3.63) is 42.7 Å². The fraction of sp³-hybridized carbons (Fsp3) is 0.235. The van der Waals surface area contributed by atoms with Crippen molar-refractivity contribution in [2.75, 3.05) is 0 Å². The van der Waals surface area contributed by atoms with Crippen LogP contribution in [0.25, 0.3) is 34.4 Å². The van der Waals surface area contributed by atoms with Crippen LogP contribution in [0.1, 0.15) is 13.3 Å². The fourth-order valence-electron chi connectivity index (χ4n) is 2.66. The van der Waals surface area contributed by atoms with Gasteiger partial charge in [-0.2, -0.15) is 5.21 Å². The molecule has 3 heterocycles. The van der Waals surface area contributed by atoms with Crippen molar-refractivity contribution in [1.82, 2.24) is 35.4 Å². The molecule has 0 bridgehead atoms. The van der Waals surface area contributed by atoms with E-state index in [0.29, 0.717) is 36.2 Å². The summed E-state index contributed by atoms with van der Waals surface area (Å²) in [5.41, 5.74) is 1.56. The van der Waals surface area contributed by atoms with Gasteiger partial charge in [-0.25, -0.2) is 9.67 Å². The average molecular weight is 351 g/mol. The number of aromatic amines is 1. The van der Waals surface area contributed by atoms with Gasteiger partial charge in [0, 0.05) is 11.1 Å². The Morgan fingerprint density at radius 2 is 2.00 bits per heavy atom. The first-order valence-electron chi connectivity index (χ1n) is 8.26. The van der Waals surface area contributed by atoms with E-state index < -0.39 is 6.10 Å². The molecule has 0 radical (unpaired) electrons. The van der Waals surface area contributed by atoms with E-state index in [4.69, 9.17) is 4.42 Å². The van der Waals surface area contributed by atoms with Crippen LogP contribution in [-0.2, 0) is 6.54 Å². The van der Waals surface area contributed by atoms with Gasteiger partial charge >= 0.3 is 0 Å². The zero-order valence-electron chi connectivity index (χ0n) is 14.1. The largest absolute Gasteiger partial charge is 0.461 e. The normalized spacial score (nSPS) is 12.4. The number of H-pyrrole nitrogens is 1. The minimum Gasteiger partial charge on any atom is -0.461 e. The molecule has 0 amide bonds. The molecule has 0 aliphatic heterocycles. The first-order chi connectivity index (χ1) is 12.8. The molecule has 0 saturated heterocycles. The van der Waals surface area contributed by atoms with Gasteiger partial charge in [0.25, 0.3) is 0 Å². The number of furan rings is 1. The molecule has 3 aromatic heterocycles. The summed E-state index contributed by atoms with van der Waals surface area (Å²) in [5.74, 6) is 2.08. The number of nitrogens with one attached hydrogen (secondary N) is 1. The smallest absolute Gasteiger partial charge is 0.217 e. The number of aromatic nitrogens is 7. The number of benzene rings is 1. The number of aliphatic hydroxyl groups is 1. The molecule has 1 aromatic carbocycles. The Hall–Kier alpha value is -3.33. The standard InChI is InChI=1S/C17H17N7O2/c1-2-11(25)10-24-17(18-16(21-24)14-8-5-9-26-14)13-7-4-3-6-12(13)15-19-22-23-20-15/h3-9,11,25H,2,10H2,1H3,(H,19,20,22,23)/t11-/m0/s1. The molecule has 26 heavy (non-hydrogen) atoms. The summed E-state index contributed by atoms with van der Waals surface area (Å²) in [6.07, 6.45) is 1.66. The third-order valence-corrected chi connectivity index (χ3v) is 4.02. The van der Waals surface area contributed by atoms with Gasteiger partial charge in [0.15, 0.2) is 11.6 Å². The fourth-order valence-corrected chi connectivity index (χ4v) is 2.66. The Labute approximate surface area is 148 Å². The second-order valence-electron chi connectivity index (χ2n) is 5.76. The van der Waals surface area contributed by atoms with Crippen molar-refractivity contribution in [3.8, 4) is 34.4 Å². The zero-order chi connectivity index (χ0) is 17.9. The maximum Gasteiger partial charge on any atom is 0.217 e. The topological polar surface area (TPSA) is 119 Å². The van der Waals surface area contributed by atoms with Crippen LogP contribution < -0.4 is 0 Å². The molecule has 132 valence electrons. The molecule has 0 aliphatic rings. The SMILES string of the molecule is CC[C@H](O)Cn1nc(-c2ccco2)nc1-c1ccccc1-c1nn[nH]n1. The maximum atomic E-state index is 10.1. The van der Waals surface area contributed by atoms with Crippen LogP contribution in [0.2, 0.25) is 0 Å². The van der Waals surface area contributed by atoms with E-state index >= 15 is 0 Å². The number of rotatable bonds is 6. The van der Waals surface area contributed by atoms with Gasteiger partial charge in [-0.3, -0.25) is 0 Å². The van der Waals surface area contributed by atoms with E-state index in [1.54, 1.807) is 23.1 Å². The first-order valence-corrected chi connectivity index (χ1v) is 8.26. The lowest BCUT2D eigenvalue weighted by molar-refractivity contribution is 0.146. The van der Waals surface area contributed by atoms with Crippen molar-refractivity contribution in [3.63, 3.8) is 0 Å². The lowest BCUT2D eigenvalue weighted by Gasteiger charge is -2.11. The second-order valence-corrected chi connectivity index (χ2v) is 5.76. The monoisotopic (exact) mass is 351 g/mol. The zero-order valence-corrected chi connectivity index (χ0v) is 14.1. The Morgan fingerprint density at radius 1 is 1.15 bits per heavy atom. The van der Waals surface area contributed by atoms with Gasteiger partial charge < -0.3 is 9.52 Å². The number of tetrazole rings is 1. The van der Waals surface area contributed by atoms with E-state index in [9.17, 15) is 5.11 Å². The summed E-state index contributed by atoms with van der Waals surface area (Å²) < 4.78 is 7.10. The summed E-state index contributed by atoms with van der Waals surface area (Å²) in [4.78, 5) is 4.64. The van der Waals surface area contributed by atoms with Gasteiger partial charge in [-0.15, -0.1) is 15.3 Å². The minimum absolute atomic E-state index is 0.320. The predicted octanol–water partition coefficient (Wildman–Crippen LogP) is 2.16. The minimum atomic E-state index is -0.530. The molecule has 0 saturated carbocycles. The Balaban J connectivity index is 1.86.